The van der Waals surface area contributed by atoms with E-state index in [2.05, 4.69) is 32.3 Å². The largest absolute Gasteiger partial charge is 0.497 e. The standard InChI is InChI=1S/C20H27N5O.HI/c1-26-18-9-7-17(8-10-18)24-20(21)23-15-16-6-11-19(22-14-16)25-12-4-2-3-5-13-25;/h6-11,14H,2-5,12-13,15H2,1H3,(H3,21,23,24);1H. The van der Waals surface area contributed by atoms with Crippen molar-refractivity contribution < 1.29 is 4.74 Å². The third-order valence-electron chi connectivity index (χ3n) is 4.53. The highest BCUT2D eigenvalue weighted by Crippen LogP contribution is 2.18. The predicted molar refractivity (Wildman–Crippen MR) is 122 cm³/mol. The van der Waals surface area contributed by atoms with Crippen molar-refractivity contribution in [3.63, 3.8) is 0 Å². The fourth-order valence-electron chi connectivity index (χ4n) is 3.04. The molecule has 1 saturated heterocycles. The van der Waals surface area contributed by atoms with Crippen molar-refractivity contribution in [3.05, 3.63) is 48.2 Å². The second-order valence-corrected chi connectivity index (χ2v) is 6.48. The van der Waals surface area contributed by atoms with Gasteiger partial charge in [-0.1, -0.05) is 18.9 Å². The molecule has 3 N–H and O–H groups in total. The Hall–Kier alpha value is -2.03. The highest BCUT2D eigenvalue weighted by atomic mass is 127. The molecule has 0 amide bonds. The lowest BCUT2D eigenvalue weighted by atomic mass is 10.2. The van der Waals surface area contributed by atoms with Crippen LogP contribution in [0.15, 0.2) is 47.6 Å². The summed E-state index contributed by atoms with van der Waals surface area (Å²) in [6, 6.07) is 11.7. The van der Waals surface area contributed by atoms with E-state index in [0.29, 0.717) is 12.5 Å². The molecule has 27 heavy (non-hydrogen) atoms. The highest BCUT2D eigenvalue weighted by molar-refractivity contribution is 14.0. The summed E-state index contributed by atoms with van der Waals surface area (Å²) >= 11 is 0. The molecule has 0 bridgehead atoms. The van der Waals surface area contributed by atoms with Crippen molar-refractivity contribution in [1.29, 1.82) is 0 Å². The number of methoxy groups -OCH3 is 1. The van der Waals surface area contributed by atoms with Crippen LogP contribution in [0, 0.1) is 0 Å². The summed E-state index contributed by atoms with van der Waals surface area (Å²) < 4.78 is 5.14. The van der Waals surface area contributed by atoms with Crippen LogP contribution in [0.3, 0.4) is 0 Å². The molecule has 0 unspecified atom stereocenters. The maximum absolute atomic E-state index is 5.97. The predicted octanol–water partition coefficient (Wildman–Crippen LogP) is 4.02. The average Bonchev–Trinajstić information content (AvgIpc) is 2.97. The number of aliphatic imine (C=N–C) groups is 1. The molecule has 146 valence electrons. The SMILES string of the molecule is COc1ccc(NC(N)=NCc2ccc(N3CCCCCC3)nc2)cc1.I. The monoisotopic (exact) mass is 481 g/mol. The van der Waals surface area contributed by atoms with Crippen molar-refractivity contribution in [2.45, 2.75) is 32.2 Å². The van der Waals surface area contributed by atoms with Gasteiger partial charge in [0.05, 0.1) is 13.7 Å². The van der Waals surface area contributed by atoms with Gasteiger partial charge in [0.25, 0.3) is 0 Å². The molecule has 0 spiro atoms. The topological polar surface area (TPSA) is 75.8 Å². The van der Waals surface area contributed by atoms with Crippen LogP contribution in [-0.2, 0) is 6.54 Å². The number of anilines is 2. The molecular weight excluding hydrogens is 453 g/mol. The Balaban J connectivity index is 0.00000261. The zero-order valence-electron chi connectivity index (χ0n) is 15.7. The lowest BCUT2D eigenvalue weighted by molar-refractivity contribution is 0.415. The fraction of sp³-hybridized carbons (Fsp3) is 0.400. The molecule has 1 aromatic heterocycles. The normalized spacial score (nSPS) is 14.9. The summed E-state index contributed by atoms with van der Waals surface area (Å²) in [4.78, 5) is 11.4. The van der Waals surface area contributed by atoms with Crippen LogP contribution in [0.4, 0.5) is 11.5 Å². The van der Waals surface area contributed by atoms with E-state index in [4.69, 9.17) is 10.5 Å². The maximum Gasteiger partial charge on any atom is 0.193 e. The Bertz CT molecular complexity index is 710. The van der Waals surface area contributed by atoms with Gasteiger partial charge in [-0.3, -0.25) is 0 Å². The Morgan fingerprint density at radius 3 is 2.41 bits per heavy atom. The van der Waals surface area contributed by atoms with Gasteiger partial charge in [0.2, 0.25) is 0 Å². The molecular formula is C20H28IN5O. The van der Waals surface area contributed by atoms with Crippen LogP contribution in [-0.4, -0.2) is 31.1 Å². The Morgan fingerprint density at radius 2 is 1.81 bits per heavy atom. The summed E-state index contributed by atoms with van der Waals surface area (Å²) in [6.45, 7) is 2.70. The van der Waals surface area contributed by atoms with E-state index in [-0.39, 0.29) is 24.0 Å². The number of pyridine rings is 1. The number of ether oxygens (including phenoxy) is 1. The van der Waals surface area contributed by atoms with E-state index < -0.39 is 0 Å². The summed E-state index contributed by atoms with van der Waals surface area (Å²) in [5.74, 6) is 2.25. The van der Waals surface area contributed by atoms with E-state index in [1.807, 2.05) is 30.5 Å². The van der Waals surface area contributed by atoms with Crippen molar-refractivity contribution in [2.24, 2.45) is 10.7 Å². The first kappa shape index (κ1) is 21.3. The molecule has 3 rings (SSSR count). The number of guanidine groups is 1. The van der Waals surface area contributed by atoms with Gasteiger partial charge in [0.15, 0.2) is 5.96 Å². The first-order valence-electron chi connectivity index (χ1n) is 9.15. The molecule has 7 heteroatoms. The highest BCUT2D eigenvalue weighted by Gasteiger charge is 2.10. The minimum absolute atomic E-state index is 0. The summed E-state index contributed by atoms with van der Waals surface area (Å²) in [7, 11) is 1.64. The van der Waals surface area contributed by atoms with Crippen LogP contribution >= 0.6 is 24.0 Å². The van der Waals surface area contributed by atoms with Crippen molar-refractivity contribution in [2.75, 3.05) is 30.4 Å². The third-order valence-corrected chi connectivity index (χ3v) is 4.53. The van der Waals surface area contributed by atoms with Crippen LogP contribution in [0.2, 0.25) is 0 Å². The van der Waals surface area contributed by atoms with Crippen molar-refractivity contribution in [1.82, 2.24) is 4.98 Å². The molecule has 2 heterocycles. The minimum Gasteiger partial charge on any atom is -0.497 e. The number of nitrogens with two attached hydrogens (primary N) is 1. The molecule has 0 radical (unpaired) electrons. The average molecular weight is 481 g/mol. The quantitative estimate of drug-likeness (QED) is 0.384. The van der Waals surface area contributed by atoms with Gasteiger partial charge in [0, 0.05) is 25.0 Å². The Kier molecular flexibility index (Phi) is 8.63. The van der Waals surface area contributed by atoms with E-state index in [9.17, 15) is 0 Å². The maximum atomic E-state index is 5.97. The summed E-state index contributed by atoms with van der Waals surface area (Å²) in [5, 5.41) is 3.08. The molecule has 1 aliphatic heterocycles. The van der Waals surface area contributed by atoms with Crippen molar-refractivity contribution >= 4 is 41.4 Å². The van der Waals surface area contributed by atoms with Crippen LogP contribution < -0.4 is 20.7 Å². The fourth-order valence-corrected chi connectivity index (χ4v) is 3.04. The summed E-state index contributed by atoms with van der Waals surface area (Å²) in [5.41, 5.74) is 7.89. The zero-order chi connectivity index (χ0) is 18.2. The molecule has 0 atom stereocenters. The lowest BCUT2D eigenvalue weighted by Crippen LogP contribution is -2.24. The van der Waals surface area contributed by atoms with Crippen LogP contribution in [0.25, 0.3) is 0 Å². The summed E-state index contributed by atoms with van der Waals surface area (Å²) in [6.07, 6.45) is 7.04. The second-order valence-electron chi connectivity index (χ2n) is 6.48. The van der Waals surface area contributed by atoms with Gasteiger partial charge in [-0.15, -0.1) is 24.0 Å². The first-order valence-corrected chi connectivity index (χ1v) is 9.15. The lowest BCUT2D eigenvalue weighted by Gasteiger charge is -2.21. The first-order chi connectivity index (χ1) is 12.7. The van der Waals surface area contributed by atoms with E-state index in [1.165, 1.54) is 25.7 Å². The molecule has 1 fully saturated rings. The number of hydrogen-bond donors (Lipinski definition) is 2. The molecule has 1 aromatic carbocycles. The van der Waals surface area contributed by atoms with E-state index >= 15 is 0 Å². The second kappa shape index (κ2) is 11.0. The number of nitrogens with zero attached hydrogens (tertiary/aromatic N) is 3. The minimum atomic E-state index is 0. The molecule has 0 saturated carbocycles. The van der Waals surface area contributed by atoms with Gasteiger partial charge in [0.1, 0.15) is 11.6 Å². The third kappa shape index (κ3) is 6.57. The van der Waals surface area contributed by atoms with Gasteiger partial charge in [-0.05, 0) is 48.7 Å². The molecule has 0 aliphatic carbocycles. The zero-order valence-corrected chi connectivity index (χ0v) is 18.1. The van der Waals surface area contributed by atoms with Gasteiger partial charge < -0.3 is 20.7 Å². The Morgan fingerprint density at radius 1 is 1.11 bits per heavy atom. The van der Waals surface area contributed by atoms with E-state index in [1.54, 1.807) is 7.11 Å². The van der Waals surface area contributed by atoms with Crippen LogP contribution in [0.1, 0.15) is 31.2 Å². The molecule has 1 aliphatic rings. The number of halogens is 1. The number of benzene rings is 1. The van der Waals surface area contributed by atoms with Crippen LogP contribution in [0.5, 0.6) is 5.75 Å². The van der Waals surface area contributed by atoms with Gasteiger partial charge in [-0.2, -0.15) is 0 Å². The molecule has 6 nitrogen and oxygen atoms in total. The number of hydrogen-bond acceptors (Lipinski definition) is 4. The van der Waals surface area contributed by atoms with Gasteiger partial charge in [-0.25, -0.2) is 9.98 Å². The number of aromatic nitrogens is 1. The molecule has 2 aromatic rings. The number of nitrogens with one attached hydrogen (secondary N) is 1. The number of rotatable bonds is 5. The van der Waals surface area contributed by atoms with Crippen molar-refractivity contribution in [3.8, 4) is 5.75 Å². The smallest absolute Gasteiger partial charge is 0.193 e. The van der Waals surface area contributed by atoms with Gasteiger partial charge >= 0.3 is 0 Å². The van der Waals surface area contributed by atoms with E-state index in [0.717, 1.165) is 35.9 Å². The Labute approximate surface area is 178 Å².